The molecule has 3 heteroatoms. The SMILES string of the molecule is CCOc1cccc(C(O)c2cc(C)cc(Cl)c2)c1. The van der Waals surface area contributed by atoms with Crippen LogP contribution in [0, 0.1) is 6.92 Å². The molecule has 0 aliphatic rings. The fraction of sp³-hybridized carbons (Fsp3) is 0.250. The van der Waals surface area contributed by atoms with Gasteiger partial charge in [-0.05, 0) is 54.8 Å². The van der Waals surface area contributed by atoms with Crippen molar-refractivity contribution in [1.82, 2.24) is 0 Å². The van der Waals surface area contributed by atoms with Gasteiger partial charge in [0.05, 0.1) is 6.61 Å². The Balaban J connectivity index is 2.32. The number of halogens is 1. The van der Waals surface area contributed by atoms with Gasteiger partial charge in [-0.2, -0.15) is 0 Å². The van der Waals surface area contributed by atoms with Crippen LogP contribution >= 0.6 is 11.6 Å². The molecule has 0 saturated carbocycles. The van der Waals surface area contributed by atoms with Crippen molar-refractivity contribution >= 4 is 11.6 Å². The van der Waals surface area contributed by atoms with Crippen LogP contribution < -0.4 is 4.74 Å². The predicted octanol–water partition coefficient (Wildman–Crippen LogP) is 4.13. The van der Waals surface area contributed by atoms with Crippen molar-refractivity contribution in [2.75, 3.05) is 6.61 Å². The lowest BCUT2D eigenvalue weighted by molar-refractivity contribution is 0.219. The molecule has 2 nitrogen and oxygen atoms in total. The van der Waals surface area contributed by atoms with Crippen LogP contribution in [-0.4, -0.2) is 11.7 Å². The summed E-state index contributed by atoms with van der Waals surface area (Å²) in [6.45, 7) is 4.50. The van der Waals surface area contributed by atoms with E-state index in [0.29, 0.717) is 11.6 Å². The van der Waals surface area contributed by atoms with Crippen molar-refractivity contribution in [3.63, 3.8) is 0 Å². The van der Waals surface area contributed by atoms with Crippen LogP contribution in [0.4, 0.5) is 0 Å². The van der Waals surface area contributed by atoms with Crippen LogP contribution in [0.5, 0.6) is 5.75 Å². The van der Waals surface area contributed by atoms with Crippen molar-refractivity contribution in [1.29, 1.82) is 0 Å². The Labute approximate surface area is 118 Å². The third-order valence-electron chi connectivity index (χ3n) is 2.87. The smallest absolute Gasteiger partial charge is 0.119 e. The van der Waals surface area contributed by atoms with Gasteiger partial charge in [0.15, 0.2) is 0 Å². The van der Waals surface area contributed by atoms with Crippen LogP contribution in [0.1, 0.15) is 29.7 Å². The maximum Gasteiger partial charge on any atom is 0.119 e. The van der Waals surface area contributed by atoms with Crippen molar-refractivity contribution in [2.24, 2.45) is 0 Å². The fourth-order valence-electron chi connectivity index (χ4n) is 2.06. The molecular formula is C16H17ClO2. The number of ether oxygens (including phenoxy) is 1. The van der Waals surface area contributed by atoms with Crippen LogP contribution in [-0.2, 0) is 0 Å². The highest BCUT2D eigenvalue weighted by molar-refractivity contribution is 6.30. The largest absolute Gasteiger partial charge is 0.494 e. The summed E-state index contributed by atoms with van der Waals surface area (Å²) in [5, 5.41) is 11.1. The summed E-state index contributed by atoms with van der Waals surface area (Å²) >= 11 is 6.03. The summed E-state index contributed by atoms with van der Waals surface area (Å²) in [6, 6.07) is 13.1. The first-order valence-corrected chi connectivity index (χ1v) is 6.66. The van der Waals surface area contributed by atoms with E-state index in [-0.39, 0.29) is 0 Å². The molecule has 1 unspecified atom stereocenters. The lowest BCUT2D eigenvalue weighted by atomic mass is 10.00. The van der Waals surface area contributed by atoms with Gasteiger partial charge in [-0.25, -0.2) is 0 Å². The van der Waals surface area contributed by atoms with Crippen molar-refractivity contribution < 1.29 is 9.84 Å². The number of benzene rings is 2. The van der Waals surface area contributed by atoms with E-state index >= 15 is 0 Å². The molecule has 0 amide bonds. The van der Waals surface area contributed by atoms with Crippen LogP contribution in [0.2, 0.25) is 5.02 Å². The van der Waals surface area contributed by atoms with Crippen LogP contribution in [0.25, 0.3) is 0 Å². The van der Waals surface area contributed by atoms with Gasteiger partial charge in [0.1, 0.15) is 11.9 Å². The first-order valence-electron chi connectivity index (χ1n) is 6.28. The molecule has 1 N–H and O–H groups in total. The van der Waals surface area contributed by atoms with E-state index in [1.165, 1.54) is 0 Å². The fourth-order valence-corrected chi connectivity index (χ4v) is 2.35. The Morgan fingerprint density at radius 2 is 1.95 bits per heavy atom. The first kappa shape index (κ1) is 13.9. The minimum Gasteiger partial charge on any atom is -0.494 e. The zero-order valence-corrected chi connectivity index (χ0v) is 11.8. The van der Waals surface area contributed by atoms with Gasteiger partial charge < -0.3 is 9.84 Å². The van der Waals surface area contributed by atoms with Gasteiger partial charge in [-0.15, -0.1) is 0 Å². The first-order chi connectivity index (χ1) is 9.10. The highest BCUT2D eigenvalue weighted by atomic mass is 35.5. The lowest BCUT2D eigenvalue weighted by Gasteiger charge is -2.14. The van der Waals surface area contributed by atoms with E-state index in [4.69, 9.17) is 16.3 Å². The molecule has 19 heavy (non-hydrogen) atoms. The van der Waals surface area contributed by atoms with Crippen molar-refractivity contribution in [3.05, 3.63) is 64.2 Å². The Morgan fingerprint density at radius 3 is 2.63 bits per heavy atom. The molecule has 0 saturated heterocycles. The number of aliphatic hydroxyl groups is 1. The highest BCUT2D eigenvalue weighted by Gasteiger charge is 2.12. The minimum absolute atomic E-state index is 0.607. The second kappa shape index (κ2) is 6.09. The number of hydrogen-bond acceptors (Lipinski definition) is 2. The van der Waals surface area contributed by atoms with Gasteiger partial charge >= 0.3 is 0 Å². The molecule has 0 aliphatic heterocycles. The molecule has 0 fully saturated rings. The minimum atomic E-state index is -0.696. The number of aryl methyl sites for hydroxylation is 1. The third kappa shape index (κ3) is 3.49. The molecule has 2 rings (SSSR count). The van der Waals surface area contributed by atoms with E-state index in [9.17, 15) is 5.11 Å². The zero-order chi connectivity index (χ0) is 13.8. The Bertz CT molecular complexity index is 546. The maximum absolute atomic E-state index is 10.4. The molecule has 0 aromatic heterocycles. The molecule has 0 aliphatic carbocycles. The topological polar surface area (TPSA) is 29.5 Å². The van der Waals surface area contributed by atoms with Gasteiger partial charge in [0.2, 0.25) is 0 Å². The second-order valence-corrected chi connectivity index (χ2v) is 4.91. The predicted molar refractivity (Wildman–Crippen MR) is 77.9 cm³/mol. The van der Waals surface area contributed by atoms with E-state index in [1.807, 2.05) is 50.2 Å². The molecule has 2 aromatic carbocycles. The molecule has 0 radical (unpaired) electrons. The quantitative estimate of drug-likeness (QED) is 0.910. The molecule has 0 heterocycles. The average molecular weight is 277 g/mol. The summed E-state index contributed by atoms with van der Waals surface area (Å²) in [7, 11) is 0. The number of rotatable bonds is 4. The summed E-state index contributed by atoms with van der Waals surface area (Å²) in [5.74, 6) is 0.762. The standard InChI is InChI=1S/C16H17ClO2/c1-3-19-15-6-4-5-12(10-15)16(18)13-7-11(2)8-14(17)9-13/h4-10,16,18H,3H2,1-2H3. The van der Waals surface area contributed by atoms with E-state index in [2.05, 4.69) is 0 Å². The Kier molecular flexibility index (Phi) is 4.46. The average Bonchev–Trinajstić information content (AvgIpc) is 2.37. The highest BCUT2D eigenvalue weighted by Crippen LogP contribution is 2.27. The van der Waals surface area contributed by atoms with Gasteiger partial charge in [0.25, 0.3) is 0 Å². The normalized spacial score (nSPS) is 12.2. The van der Waals surface area contributed by atoms with Gasteiger partial charge in [0, 0.05) is 5.02 Å². The Morgan fingerprint density at radius 1 is 1.16 bits per heavy atom. The number of hydrogen-bond donors (Lipinski definition) is 1. The van der Waals surface area contributed by atoms with Crippen molar-refractivity contribution in [2.45, 2.75) is 20.0 Å². The van der Waals surface area contributed by atoms with E-state index in [0.717, 1.165) is 22.4 Å². The lowest BCUT2D eigenvalue weighted by Crippen LogP contribution is -2.01. The summed E-state index contributed by atoms with van der Waals surface area (Å²) in [6.07, 6.45) is -0.696. The van der Waals surface area contributed by atoms with E-state index < -0.39 is 6.10 Å². The molecule has 100 valence electrons. The molecule has 0 bridgehead atoms. The zero-order valence-electron chi connectivity index (χ0n) is 11.1. The molecule has 0 spiro atoms. The summed E-state index contributed by atoms with van der Waals surface area (Å²) in [4.78, 5) is 0. The van der Waals surface area contributed by atoms with Crippen LogP contribution in [0.15, 0.2) is 42.5 Å². The van der Waals surface area contributed by atoms with Gasteiger partial charge in [-0.1, -0.05) is 29.8 Å². The van der Waals surface area contributed by atoms with E-state index in [1.54, 1.807) is 6.07 Å². The van der Waals surface area contributed by atoms with Gasteiger partial charge in [-0.3, -0.25) is 0 Å². The molecular weight excluding hydrogens is 260 g/mol. The van der Waals surface area contributed by atoms with Crippen molar-refractivity contribution in [3.8, 4) is 5.75 Å². The summed E-state index contributed by atoms with van der Waals surface area (Å²) in [5.41, 5.74) is 2.62. The monoisotopic (exact) mass is 276 g/mol. The Hall–Kier alpha value is -1.51. The molecule has 1 atom stereocenters. The molecule has 2 aromatic rings. The number of aliphatic hydroxyl groups excluding tert-OH is 1. The maximum atomic E-state index is 10.4. The van der Waals surface area contributed by atoms with Crippen LogP contribution in [0.3, 0.4) is 0 Å². The summed E-state index contributed by atoms with van der Waals surface area (Å²) < 4.78 is 5.44. The second-order valence-electron chi connectivity index (χ2n) is 4.47. The third-order valence-corrected chi connectivity index (χ3v) is 3.08.